The zero-order valence-electron chi connectivity index (χ0n) is 12.0. The summed E-state index contributed by atoms with van der Waals surface area (Å²) in [5.74, 6) is 2.28. The quantitative estimate of drug-likeness (QED) is 0.876. The second-order valence-corrected chi connectivity index (χ2v) is 4.43. The van der Waals surface area contributed by atoms with E-state index in [9.17, 15) is 0 Å². The molecule has 2 rings (SSSR count). The van der Waals surface area contributed by atoms with Gasteiger partial charge in [0.1, 0.15) is 5.82 Å². The number of hydrogen-bond acceptors (Lipinski definition) is 5. The van der Waals surface area contributed by atoms with Gasteiger partial charge in [0.15, 0.2) is 11.5 Å². The number of aryl methyl sites for hydroxylation is 1. The Morgan fingerprint density at radius 3 is 2.45 bits per heavy atom. The third kappa shape index (κ3) is 3.60. The maximum atomic E-state index is 5.29. The molecule has 0 atom stereocenters. The predicted molar refractivity (Wildman–Crippen MR) is 78.5 cm³/mol. The maximum absolute atomic E-state index is 5.29. The molecule has 5 heteroatoms. The Morgan fingerprint density at radius 1 is 1.00 bits per heavy atom. The van der Waals surface area contributed by atoms with E-state index in [2.05, 4.69) is 15.5 Å². The van der Waals surface area contributed by atoms with Crippen molar-refractivity contribution in [3.63, 3.8) is 0 Å². The summed E-state index contributed by atoms with van der Waals surface area (Å²) in [4.78, 5) is 0. The van der Waals surface area contributed by atoms with Gasteiger partial charge in [-0.3, -0.25) is 0 Å². The fraction of sp³-hybridized carbons (Fsp3) is 0.333. The van der Waals surface area contributed by atoms with Crippen LogP contribution in [-0.4, -0.2) is 31.0 Å². The molecule has 5 nitrogen and oxygen atoms in total. The van der Waals surface area contributed by atoms with E-state index < -0.39 is 0 Å². The Bertz CT molecular complexity index is 556. The molecule has 0 saturated heterocycles. The Labute approximate surface area is 118 Å². The van der Waals surface area contributed by atoms with Gasteiger partial charge in [0, 0.05) is 6.54 Å². The van der Waals surface area contributed by atoms with E-state index in [4.69, 9.17) is 9.47 Å². The van der Waals surface area contributed by atoms with Crippen molar-refractivity contribution in [1.82, 2.24) is 10.2 Å². The van der Waals surface area contributed by atoms with Crippen LogP contribution in [0.3, 0.4) is 0 Å². The predicted octanol–water partition coefficient (Wildman–Crippen LogP) is 2.46. The van der Waals surface area contributed by atoms with E-state index in [0.29, 0.717) is 0 Å². The number of anilines is 1. The van der Waals surface area contributed by atoms with Crippen LogP contribution in [0.15, 0.2) is 30.3 Å². The molecule has 20 heavy (non-hydrogen) atoms. The molecule has 0 radical (unpaired) electrons. The van der Waals surface area contributed by atoms with Crippen molar-refractivity contribution < 1.29 is 9.47 Å². The summed E-state index contributed by atoms with van der Waals surface area (Å²) < 4.78 is 10.5. The fourth-order valence-electron chi connectivity index (χ4n) is 1.86. The van der Waals surface area contributed by atoms with Crippen molar-refractivity contribution in [2.24, 2.45) is 0 Å². The van der Waals surface area contributed by atoms with Crippen LogP contribution in [0.5, 0.6) is 11.5 Å². The third-order valence-corrected chi connectivity index (χ3v) is 2.97. The number of aromatic nitrogens is 2. The lowest BCUT2D eigenvalue weighted by atomic mass is 10.1. The van der Waals surface area contributed by atoms with Gasteiger partial charge in [0.2, 0.25) is 0 Å². The van der Waals surface area contributed by atoms with Gasteiger partial charge in [-0.1, -0.05) is 6.07 Å². The van der Waals surface area contributed by atoms with Gasteiger partial charge in [0.05, 0.1) is 19.9 Å². The topological polar surface area (TPSA) is 56.3 Å². The highest BCUT2D eigenvalue weighted by Gasteiger charge is 2.04. The number of ether oxygens (including phenoxy) is 2. The molecule has 0 aliphatic rings. The first-order chi connectivity index (χ1) is 9.72. The normalized spacial score (nSPS) is 10.2. The highest BCUT2D eigenvalue weighted by Crippen LogP contribution is 2.27. The molecule has 0 aliphatic heterocycles. The summed E-state index contributed by atoms with van der Waals surface area (Å²) in [6.07, 6.45) is 0.871. The Hall–Kier alpha value is -2.30. The van der Waals surface area contributed by atoms with E-state index >= 15 is 0 Å². The van der Waals surface area contributed by atoms with Crippen LogP contribution in [0.4, 0.5) is 5.82 Å². The molecule has 2 aromatic rings. The molecule has 0 amide bonds. The molecule has 0 spiro atoms. The standard InChI is InChI=1S/C15H19N3O2/c1-11-4-7-15(18-17-11)16-9-8-12-5-6-13(19-2)14(10-12)20-3/h4-7,10H,8-9H2,1-3H3,(H,16,18). The molecule has 0 aliphatic carbocycles. The Kier molecular flexibility index (Phi) is 4.76. The van der Waals surface area contributed by atoms with Crippen LogP contribution in [-0.2, 0) is 6.42 Å². The lowest BCUT2D eigenvalue weighted by molar-refractivity contribution is 0.354. The fourth-order valence-corrected chi connectivity index (χ4v) is 1.86. The smallest absolute Gasteiger partial charge is 0.160 e. The van der Waals surface area contributed by atoms with E-state index in [0.717, 1.165) is 36.0 Å². The summed E-state index contributed by atoms with van der Waals surface area (Å²) in [5, 5.41) is 11.3. The van der Waals surface area contributed by atoms with Crippen LogP contribution < -0.4 is 14.8 Å². The molecule has 1 aromatic heterocycles. The van der Waals surface area contributed by atoms with Gasteiger partial charge in [-0.05, 0) is 43.2 Å². The molecule has 0 bridgehead atoms. The van der Waals surface area contributed by atoms with Crippen molar-refractivity contribution in [3.8, 4) is 11.5 Å². The maximum Gasteiger partial charge on any atom is 0.160 e. The number of nitrogens with zero attached hydrogens (tertiary/aromatic N) is 2. The number of methoxy groups -OCH3 is 2. The van der Waals surface area contributed by atoms with Crippen LogP contribution in [0.1, 0.15) is 11.3 Å². The first-order valence-electron chi connectivity index (χ1n) is 6.48. The largest absolute Gasteiger partial charge is 0.493 e. The molecule has 1 aromatic carbocycles. The molecule has 0 saturated carbocycles. The van der Waals surface area contributed by atoms with Crippen molar-refractivity contribution in [2.75, 3.05) is 26.1 Å². The Balaban J connectivity index is 1.92. The van der Waals surface area contributed by atoms with E-state index in [1.165, 1.54) is 5.56 Å². The SMILES string of the molecule is COc1ccc(CCNc2ccc(C)nn2)cc1OC. The summed E-state index contributed by atoms with van der Waals surface area (Å²) in [6, 6.07) is 9.80. The lowest BCUT2D eigenvalue weighted by Crippen LogP contribution is -2.07. The summed E-state index contributed by atoms with van der Waals surface area (Å²) >= 11 is 0. The molecule has 1 N–H and O–H groups in total. The molecular formula is C15H19N3O2. The monoisotopic (exact) mass is 273 g/mol. The molecule has 1 heterocycles. The number of hydrogen-bond donors (Lipinski definition) is 1. The second-order valence-electron chi connectivity index (χ2n) is 4.43. The summed E-state index contributed by atoms with van der Waals surface area (Å²) in [6.45, 7) is 2.70. The number of benzene rings is 1. The van der Waals surface area contributed by atoms with Gasteiger partial charge >= 0.3 is 0 Å². The van der Waals surface area contributed by atoms with Gasteiger partial charge in [-0.2, -0.15) is 5.10 Å². The lowest BCUT2D eigenvalue weighted by Gasteiger charge is -2.10. The summed E-state index contributed by atoms with van der Waals surface area (Å²) in [7, 11) is 3.27. The van der Waals surface area contributed by atoms with Crippen molar-refractivity contribution in [1.29, 1.82) is 0 Å². The van der Waals surface area contributed by atoms with Crippen LogP contribution in [0.2, 0.25) is 0 Å². The number of rotatable bonds is 6. The molecule has 0 unspecified atom stereocenters. The Morgan fingerprint density at radius 2 is 1.80 bits per heavy atom. The molecule has 106 valence electrons. The summed E-state index contributed by atoms with van der Waals surface area (Å²) in [5.41, 5.74) is 2.09. The highest BCUT2D eigenvalue weighted by molar-refractivity contribution is 5.43. The third-order valence-electron chi connectivity index (χ3n) is 2.97. The van der Waals surface area contributed by atoms with Gasteiger partial charge in [0.25, 0.3) is 0 Å². The van der Waals surface area contributed by atoms with Crippen molar-refractivity contribution in [2.45, 2.75) is 13.3 Å². The molecular weight excluding hydrogens is 254 g/mol. The van der Waals surface area contributed by atoms with Crippen molar-refractivity contribution in [3.05, 3.63) is 41.6 Å². The zero-order chi connectivity index (χ0) is 14.4. The van der Waals surface area contributed by atoms with Gasteiger partial charge in [-0.15, -0.1) is 5.10 Å². The number of nitrogens with one attached hydrogen (secondary N) is 1. The van der Waals surface area contributed by atoms with Gasteiger partial charge in [-0.25, -0.2) is 0 Å². The van der Waals surface area contributed by atoms with Crippen LogP contribution >= 0.6 is 0 Å². The highest BCUT2D eigenvalue weighted by atomic mass is 16.5. The minimum Gasteiger partial charge on any atom is -0.493 e. The van der Waals surface area contributed by atoms with E-state index in [1.54, 1.807) is 14.2 Å². The van der Waals surface area contributed by atoms with E-state index in [1.807, 2.05) is 37.3 Å². The van der Waals surface area contributed by atoms with Gasteiger partial charge < -0.3 is 14.8 Å². The first kappa shape index (κ1) is 14.1. The average molecular weight is 273 g/mol. The van der Waals surface area contributed by atoms with E-state index in [-0.39, 0.29) is 0 Å². The average Bonchev–Trinajstić information content (AvgIpc) is 2.49. The molecule has 0 fully saturated rings. The van der Waals surface area contributed by atoms with Crippen molar-refractivity contribution >= 4 is 5.82 Å². The van der Waals surface area contributed by atoms with Crippen LogP contribution in [0.25, 0.3) is 0 Å². The minimum atomic E-state index is 0.744. The van der Waals surface area contributed by atoms with Crippen LogP contribution in [0, 0.1) is 6.92 Å². The zero-order valence-corrected chi connectivity index (χ0v) is 12.0. The minimum absolute atomic E-state index is 0.744. The second kappa shape index (κ2) is 6.75. The first-order valence-corrected chi connectivity index (χ1v) is 6.48.